The number of benzene rings is 1. The maximum atomic E-state index is 13.4. The highest BCUT2D eigenvalue weighted by atomic mass is 32.1. The molecule has 0 bridgehead atoms. The second kappa shape index (κ2) is 8.78. The molecule has 0 aliphatic carbocycles. The first-order chi connectivity index (χ1) is 13.9. The third kappa shape index (κ3) is 4.05. The number of aryl methyl sites for hydroxylation is 2. The summed E-state index contributed by atoms with van der Waals surface area (Å²) in [4.78, 5) is 34.1. The molecule has 0 spiro atoms. The first-order valence-electron chi connectivity index (χ1n) is 9.92. The Balaban J connectivity index is 2.12. The molecule has 2 heterocycles. The zero-order chi connectivity index (χ0) is 21.1. The minimum Gasteiger partial charge on any atom is -0.494 e. The van der Waals surface area contributed by atoms with Crippen LogP contribution in [0.2, 0.25) is 0 Å². The van der Waals surface area contributed by atoms with Crippen LogP contribution in [0.5, 0.6) is 5.75 Å². The monoisotopic (exact) mass is 413 g/mol. The molecule has 0 radical (unpaired) electrons. The van der Waals surface area contributed by atoms with E-state index in [4.69, 9.17) is 4.74 Å². The van der Waals surface area contributed by atoms with Gasteiger partial charge in [0.05, 0.1) is 12.0 Å². The molecule has 0 atom stereocenters. The lowest BCUT2D eigenvalue weighted by Gasteiger charge is -2.19. The average Bonchev–Trinajstić information content (AvgIpc) is 3.03. The summed E-state index contributed by atoms with van der Waals surface area (Å²) in [5, 5.41) is 0.578. The van der Waals surface area contributed by atoms with Crippen LogP contribution in [0.4, 0.5) is 0 Å². The molecule has 6 nitrogen and oxygen atoms in total. The molecule has 0 fully saturated rings. The second-order valence-electron chi connectivity index (χ2n) is 6.79. The molecular formula is C22H27N3O3S. The molecule has 3 rings (SSSR count). The number of carbonyl (C=O) groups is 1. The summed E-state index contributed by atoms with van der Waals surface area (Å²) < 4.78 is 7.02. The number of hydrogen-bond acceptors (Lipinski definition) is 5. The summed E-state index contributed by atoms with van der Waals surface area (Å²) in [5.74, 6) is 1.28. The molecule has 1 amide bonds. The smallest absolute Gasteiger partial charge is 0.263 e. The van der Waals surface area contributed by atoms with Crippen molar-refractivity contribution in [3.63, 3.8) is 0 Å². The number of thiophene rings is 1. The molecule has 1 aromatic carbocycles. The standard InChI is InChI=1S/C22H27N3O3S/c1-6-24(7-2)18(26)13-25-15(5)23-21-20(22(25)27)19(14(4)29-21)16-9-11-17(12-10-16)28-8-3/h9-12H,6-8,13H2,1-5H3. The van der Waals surface area contributed by atoms with Crippen LogP contribution in [0.25, 0.3) is 21.3 Å². The van der Waals surface area contributed by atoms with E-state index in [9.17, 15) is 9.59 Å². The summed E-state index contributed by atoms with van der Waals surface area (Å²) >= 11 is 1.51. The predicted molar refractivity (Wildman–Crippen MR) is 118 cm³/mol. The van der Waals surface area contributed by atoms with Gasteiger partial charge in [0.25, 0.3) is 5.56 Å². The number of aromatic nitrogens is 2. The van der Waals surface area contributed by atoms with Gasteiger partial charge >= 0.3 is 0 Å². The SMILES string of the molecule is CCOc1ccc(-c2c(C)sc3nc(C)n(CC(=O)N(CC)CC)c(=O)c23)cc1. The number of hydrogen-bond donors (Lipinski definition) is 0. The summed E-state index contributed by atoms with van der Waals surface area (Å²) in [5.41, 5.74) is 1.66. The minimum atomic E-state index is -0.166. The van der Waals surface area contributed by atoms with Crippen LogP contribution >= 0.6 is 11.3 Å². The Hall–Kier alpha value is -2.67. The van der Waals surface area contributed by atoms with Gasteiger partial charge in [0.1, 0.15) is 22.9 Å². The average molecular weight is 414 g/mol. The highest BCUT2D eigenvalue weighted by Crippen LogP contribution is 2.36. The van der Waals surface area contributed by atoms with Crippen LogP contribution in [0.1, 0.15) is 31.5 Å². The first-order valence-corrected chi connectivity index (χ1v) is 10.7. The van der Waals surface area contributed by atoms with Crippen molar-refractivity contribution in [2.24, 2.45) is 0 Å². The van der Waals surface area contributed by atoms with Gasteiger partial charge in [-0.15, -0.1) is 11.3 Å². The second-order valence-corrected chi connectivity index (χ2v) is 7.99. The Kier molecular flexibility index (Phi) is 6.37. The van der Waals surface area contributed by atoms with Crippen molar-refractivity contribution in [3.8, 4) is 16.9 Å². The Bertz CT molecular complexity index is 1080. The summed E-state index contributed by atoms with van der Waals surface area (Å²) in [7, 11) is 0. The number of rotatable bonds is 7. The van der Waals surface area contributed by atoms with E-state index in [2.05, 4.69) is 4.98 Å². The summed E-state index contributed by atoms with van der Waals surface area (Å²) in [6.45, 7) is 11.4. The Labute approximate surface area is 174 Å². The molecule has 2 aromatic heterocycles. The number of amides is 1. The van der Waals surface area contributed by atoms with Gasteiger partial charge in [-0.3, -0.25) is 14.2 Å². The van der Waals surface area contributed by atoms with Gasteiger partial charge in [-0.2, -0.15) is 0 Å². The lowest BCUT2D eigenvalue weighted by molar-refractivity contribution is -0.131. The molecule has 3 aromatic rings. The fourth-order valence-electron chi connectivity index (χ4n) is 3.53. The van der Waals surface area contributed by atoms with Crippen molar-refractivity contribution in [3.05, 3.63) is 45.3 Å². The molecule has 0 aliphatic rings. The molecule has 154 valence electrons. The van der Waals surface area contributed by atoms with E-state index < -0.39 is 0 Å². The van der Waals surface area contributed by atoms with Crippen LogP contribution in [-0.4, -0.2) is 40.1 Å². The molecule has 7 heteroatoms. The summed E-state index contributed by atoms with van der Waals surface area (Å²) in [6, 6.07) is 7.74. The van der Waals surface area contributed by atoms with Crippen LogP contribution in [-0.2, 0) is 11.3 Å². The van der Waals surface area contributed by atoms with E-state index in [-0.39, 0.29) is 18.0 Å². The van der Waals surface area contributed by atoms with E-state index >= 15 is 0 Å². The van der Waals surface area contributed by atoms with Crippen molar-refractivity contribution in [1.82, 2.24) is 14.5 Å². The fraction of sp³-hybridized carbons (Fsp3) is 0.409. The van der Waals surface area contributed by atoms with E-state index in [1.807, 2.05) is 52.0 Å². The number of fused-ring (bicyclic) bond motifs is 1. The molecule has 0 saturated carbocycles. The van der Waals surface area contributed by atoms with Crippen molar-refractivity contribution in [1.29, 1.82) is 0 Å². The number of nitrogens with zero attached hydrogens (tertiary/aromatic N) is 3. The molecule has 0 saturated heterocycles. The van der Waals surface area contributed by atoms with Crippen molar-refractivity contribution >= 4 is 27.5 Å². The first kappa shape index (κ1) is 21.0. The van der Waals surface area contributed by atoms with Crippen molar-refractivity contribution in [2.75, 3.05) is 19.7 Å². The van der Waals surface area contributed by atoms with Crippen molar-refractivity contribution in [2.45, 2.75) is 41.2 Å². The molecule has 29 heavy (non-hydrogen) atoms. The maximum absolute atomic E-state index is 13.4. The van der Waals surface area contributed by atoms with Crippen LogP contribution < -0.4 is 10.3 Å². The topological polar surface area (TPSA) is 64.4 Å². The van der Waals surface area contributed by atoms with Gasteiger partial charge < -0.3 is 9.64 Å². The van der Waals surface area contributed by atoms with E-state index in [1.54, 1.807) is 11.8 Å². The minimum absolute atomic E-state index is 0.00684. The lowest BCUT2D eigenvalue weighted by Crippen LogP contribution is -2.37. The highest BCUT2D eigenvalue weighted by Gasteiger charge is 2.20. The van der Waals surface area contributed by atoms with Crippen LogP contribution in [0, 0.1) is 13.8 Å². The Morgan fingerprint density at radius 2 is 1.79 bits per heavy atom. The zero-order valence-corrected chi connectivity index (χ0v) is 18.4. The molecule has 0 aliphatic heterocycles. The quantitative estimate of drug-likeness (QED) is 0.587. The Morgan fingerprint density at radius 3 is 2.38 bits per heavy atom. The predicted octanol–water partition coefficient (Wildman–Crippen LogP) is 4.01. The van der Waals surface area contributed by atoms with Crippen LogP contribution in [0.15, 0.2) is 29.1 Å². The maximum Gasteiger partial charge on any atom is 0.263 e. The van der Waals surface area contributed by atoms with Gasteiger partial charge in [-0.1, -0.05) is 12.1 Å². The molecule has 0 unspecified atom stereocenters. The van der Waals surface area contributed by atoms with E-state index in [1.165, 1.54) is 15.9 Å². The molecule has 0 N–H and O–H groups in total. The normalized spacial score (nSPS) is 11.1. The zero-order valence-electron chi connectivity index (χ0n) is 17.6. The van der Waals surface area contributed by atoms with E-state index in [0.717, 1.165) is 21.8 Å². The number of carbonyl (C=O) groups excluding carboxylic acids is 1. The Morgan fingerprint density at radius 1 is 1.14 bits per heavy atom. The molecular weight excluding hydrogens is 386 g/mol. The van der Waals surface area contributed by atoms with Gasteiger partial charge in [0.2, 0.25) is 5.91 Å². The van der Waals surface area contributed by atoms with Gasteiger partial charge in [-0.05, 0) is 52.3 Å². The number of ether oxygens (including phenoxy) is 1. The van der Waals surface area contributed by atoms with Gasteiger partial charge in [0.15, 0.2) is 0 Å². The van der Waals surface area contributed by atoms with E-state index in [0.29, 0.717) is 35.7 Å². The summed E-state index contributed by atoms with van der Waals surface area (Å²) in [6.07, 6.45) is 0. The van der Waals surface area contributed by atoms with Gasteiger partial charge in [-0.25, -0.2) is 4.98 Å². The number of likely N-dealkylation sites (N-methyl/N-ethyl adjacent to an activating group) is 1. The fourth-order valence-corrected chi connectivity index (χ4v) is 4.61. The lowest BCUT2D eigenvalue weighted by atomic mass is 10.0. The van der Waals surface area contributed by atoms with Crippen molar-refractivity contribution < 1.29 is 9.53 Å². The van der Waals surface area contributed by atoms with Crippen LogP contribution in [0.3, 0.4) is 0 Å². The highest BCUT2D eigenvalue weighted by molar-refractivity contribution is 7.19. The third-order valence-corrected chi connectivity index (χ3v) is 6.04. The third-order valence-electron chi connectivity index (χ3n) is 5.04. The largest absolute Gasteiger partial charge is 0.494 e. The van der Waals surface area contributed by atoms with Gasteiger partial charge in [0, 0.05) is 23.5 Å².